The molecule has 2 nitrogen and oxygen atoms in total. The molecule has 0 heterocycles. The topological polar surface area (TPSA) is 29.1 Å². The molecule has 0 saturated heterocycles. The lowest BCUT2D eigenvalue weighted by atomic mass is 9.93. The van der Waals surface area contributed by atoms with Crippen molar-refractivity contribution in [1.82, 2.24) is 5.32 Å². The molecule has 3 aromatic carbocycles. The van der Waals surface area contributed by atoms with Gasteiger partial charge < -0.3 is 5.32 Å². The first-order chi connectivity index (χ1) is 10.7. The molecular formula is C20H19NO. The van der Waals surface area contributed by atoms with E-state index in [0.29, 0.717) is 6.54 Å². The molecule has 110 valence electrons. The van der Waals surface area contributed by atoms with Crippen molar-refractivity contribution in [2.45, 2.75) is 13.8 Å². The molecule has 0 aliphatic carbocycles. The van der Waals surface area contributed by atoms with E-state index in [-0.39, 0.29) is 5.91 Å². The average Bonchev–Trinajstić information content (AvgIpc) is 2.54. The van der Waals surface area contributed by atoms with Crippen molar-refractivity contribution in [3.8, 4) is 11.1 Å². The first kappa shape index (κ1) is 14.3. The minimum Gasteiger partial charge on any atom is -0.352 e. The number of carbonyl (C=O) groups excluding carboxylic acids is 1. The van der Waals surface area contributed by atoms with Gasteiger partial charge in [0, 0.05) is 12.1 Å². The number of aryl methyl sites for hydroxylation is 1. The number of fused-ring (bicyclic) bond motifs is 1. The summed E-state index contributed by atoms with van der Waals surface area (Å²) in [4.78, 5) is 12.4. The number of benzene rings is 3. The average molecular weight is 289 g/mol. The van der Waals surface area contributed by atoms with Crippen molar-refractivity contribution >= 4 is 16.7 Å². The molecule has 0 aliphatic rings. The summed E-state index contributed by atoms with van der Waals surface area (Å²) in [5.41, 5.74) is 3.96. The molecule has 3 aromatic rings. The van der Waals surface area contributed by atoms with Crippen LogP contribution >= 0.6 is 0 Å². The lowest BCUT2D eigenvalue weighted by Gasteiger charge is -2.13. The van der Waals surface area contributed by atoms with Gasteiger partial charge in [-0.3, -0.25) is 4.79 Å². The lowest BCUT2D eigenvalue weighted by Crippen LogP contribution is -2.23. The molecule has 1 amide bonds. The molecular weight excluding hydrogens is 270 g/mol. The predicted molar refractivity (Wildman–Crippen MR) is 92.1 cm³/mol. The summed E-state index contributed by atoms with van der Waals surface area (Å²) in [6.45, 7) is 4.61. The third-order valence-electron chi connectivity index (χ3n) is 3.84. The van der Waals surface area contributed by atoms with Crippen molar-refractivity contribution in [3.63, 3.8) is 0 Å². The number of carbonyl (C=O) groups is 1. The number of nitrogens with one attached hydrogen (secondary N) is 1. The summed E-state index contributed by atoms with van der Waals surface area (Å²) in [5.74, 6) is -0.0227. The van der Waals surface area contributed by atoms with E-state index in [9.17, 15) is 4.79 Å². The maximum atomic E-state index is 12.4. The zero-order chi connectivity index (χ0) is 15.5. The van der Waals surface area contributed by atoms with E-state index in [1.807, 2.05) is 37.3 Å². The molecule has 2 heteroatoms. The van der Waals surface area contributed by atoms with Gasteiger partial charge in [-0.2, -0.15) is 0 Å². The Balaban J connectivity index is 2.26. The monoisotopic (exact) mass is 289 g/mol. The normalized spacial score (nSPS) is 10.6. The molecule has 0 saturated carbocycles. The van der Waals surface area contributed by atoms with E-state index in [1.54, 1.807) is 0 Å². The standard InChI is InChI=1S/C20H19NO/c1-3-21-20(22)18-12-11-14(2)13-19(18)17-10-6-8-15-7-4-5-9-16(15)17/h4-13H,3H2,1-2H3,(H,21,22). The predicted octanol–water partition coefficient (Wildman–Crippen LogP) is 4.56. The highest BCUT2D eigenvalue weighted by atomic mass is 16.1. The van der Waals surface area contributed by atoms with Gasteiger partial charge in [0.05, 0.1) is 0 Å². The van der Waals surface area contributed by atoms with Crippen LogP contribution in [0, 0.1) is 6.92 Å². The molecule has 0 radical (unpaired) electrons. The van der Waals surface area contributed by atoms with Crippen molar-refractivity contribution < 1.29 is 4.79 Å². The Morgan fingerprint density at radius 3 is 2.55 bits per heavy atom. The zero-order valence-corrected chi connectivity index (χ0v) is 12.9. The minimum atomic E-state index is -0.0227. The Labute approximate surface area is 130 Å². The molecule has 0 unspecified atom stereocenters. The van der Waals surface area contributed by atoms with E-state index in [1.165, 1.54) is 10.8 Å². The van der Waals surface area contributed by atoms with Crippen molar-refractivity contribution in [2.75, 3.05) is 6.54 Å². The molecule has 0 fully saturated rings. The van der Waals surface area contributed by atoms with Gasteiger partial charge in [0.1, 0.15) is 0 Å². The Morgan fingerprint density at radius 1 is 0.955 bits per heavy atom. The number of amides is 1. The van der Waals surface area contributed by atoms with E-state index in [4.69, 9.17) is 0 Å². The van der Waals surface area contributed by atoms with E-state index in [2.05, 4.69) is 42.6 Å². The second kappa shape index (κ2) is 6.02. The summed E-state index contributed by atoms with van der Waals surface area (Å²) < 4.78 is 0. The van der Waals surface area contributed by atoms with Crippen LogP contribution in [-0.2, 0) is 0 Å². The van der Waals surface area contributed by atoms with Gasteiger partial charge in [-0.25, -0.2) is 0 Å². The van der Waals surface area contributed by atoms with Crippen LogP contribution in [0.4, 0.5) is 0 Å². The van der Waals surface area contributed by atoms with Crippen LogP contribution in [0.2, 0.25) is 0 Å². The Morgan fingerprint density at radius 2 is 1.73 bits per heavy atom. The van der Waals surface area contributed by atoms with Crippen LogP contribution in [0.1, 0.15) is 22.8 Å². The van der Waals surface area contributed by atoms with Gasteiger partial charge >= 0.3 is 0 Å². The summed E-state index contributed by atoms with van der Waals surface area (Å²) >= 11 is 0. The van der Waals surface area contributed by atoms with Crippen LogP contribution in [-0.4, -0.2) is 12.5 Å². The smallest absolute Gasteiger partial charge is 0.251 e. The van der Waals surface area contributed by atoms with Gasteiger partial charge in [-0.15, -0.1) is 0 Å². The Bertz CT molecular complexity index is 831. The highest BCUT2D eigenvalue weighted by Gasteiger charge is 2.14. The highest BCUT2D eigenvalue weighted by molar-refractivity contribution is 6.06. The number of hydrogen-bond acceptors (Lipinski definition) is 1. The van der Waals surface area contributed by atoms with E-state index >= 15 is 0 Å². The van der Waals surface area contributed by atoms with Gasteiger partial charge in [0.25, 0.3) is 5.91 Å². The third-order valence-corrected chi connectivity index (χ3v) is 3.84. The summed E-state index contributed by atoms with van der Waals surface area (Å²) in [5, 5.41) is 5.25. The number of rotatable bonds is 3. The van der Waals surface area contributed by atoms with Gasteiger partial charge in [0.2, 0.25) is 0 Å². The van der Waals surface area contributed by atoms with Crippen LogP contribution in [0.5, 0.6) is 0 Å². The fraction of sp³-hybridized carbons (Fsp3) is 0.150. The maximum absolute atomic E-state index is 12.4. The SMILES string of the molecule is CCNC(=O)c1ccc(C)cc1-c1cccc2ccccc12. The molecule has 0 atom stereocenters. The van der Waals surface area contributed by atoms with Crippen LogP contribution < -0.4 is 5.32 Å². The zero-order valence-electron chi connectivity index (χ0n) is 12.9. The van der Waals surface area contributed by atoms with Gasteiger partial charge in [-0.1, -0.05) is 60.2 Å². The lowest BCUT2D eigenvalue weighted by molar-refractivity contribution is 0.0956. The second-order valence-electron chi connectivity index (χ2n) is 5.44. The largest absolute Gasteiger partial charge is 0.352 e. The van der Waals surface area contributed by atoms with Crippen molar-refractivity contribution in [3.05, 3.63) is 71.8 Å². The van der Waals surface area contributed by atoms with Gasteiger partial charge in [-0.05, 0) is 41.8 Å². The Kier molecular flexibility index (Phi) is 3.92. The summed E-state index contributed by atoms with van der Waals surface area (Å²) in [6.07, 6.45) is 0. The highest BCUT2D eigenvalue weighted by Crippen LogP contribution is 2.31. The quantitative estimate of drug-likeness (QED) is 0.752. The summed E-state index contributed by atoms with van der Waals surface area (Å²) in [6, 6.07) is 20.5. The van der Waals surface area contributed by atoms with Crippen molar-refractivity contribution in [2.24, 2.45) is 0 Å². The maximum Gasteiger partial charge on any atom is 0.251 e. The fourth-order valence-corrected chi connectivity index (χ4v) is 2.79. The van der Waals surface area contributed by atoms with E-state index in [0.717, 1.165) is 22.3 Å². The minimum absolute atomic E-state index is 0.0227. The third kappa shape index (κ3) is 2.60. The molecule has 22 heavy (non-hydrogen) atoms. The van der Waals surface area contributed by atoms with Crippen molar-refractivity contribution in [1.29, 1.82) is 0 Å². The molecule has 0 aliphatic heterocycles. The first-order valence-corrected chi connectivity index (χ1v) is 7.57. The summed E-state index contributed by atoms with van der Waals surface area (Å²) in [7, 11) is 0. The first-order valence-electron chi connectivity index (χ1n) is 7.57. The van der Waals surface area contributed by atoms with E-state index < -0.39 is 0 Å². The fourth-order valence-electron chi connectivity index (χ4n) is 2.79. The van der Waals surface area contributed by atoms with Crippen LogP contribution in [0.3, 0.4) is 0 Å². The molecule has 1 N–H and O–H groups in total. The Hall–Kier alpha value is -2.61. The van der Waals surface area contributed by atoms with Crippen LogP contribution in [0.15, 0.2) is 60.7 Å². The number of hydrogen-bond donors (Lipinski definition) is 1. The molecule has 0 bridgehead atoms. The second-order valence-corrected chi connectivity index (χ2v) is 5.44. The molecule has 0 aromatic heterocycles. The van der Waals surface area contributed by atoms with Gasteiger partial charge in [0.15, 0.2) is 0 Å². The van der Waals surface area contributed by atoms with Crippen LogP contribution in [0.25, 0.3) is 21.9 Å². The molecule has 0 spiro atoms. The molecule has 3 rings (SSSR count).